The average Bonchev–Trinajstić information content (AvgIpc) is 3.00. The predicted molar refractivity (Wildman–Crippen MR) is 101 cm³/mol. The van der Waals surface area contributed by atoms with Gasteiger partial charge in [-0.1, -0.05) is 0 Å². The van der Waals surface area contributed by atoms with Crippen LogP contribution < -0.4 is 5.32 Å². The number of aromatic nitrogens is 2. The highest BCUT2D eigenvalue weighted by atomic mass is 127. The number of nitrogens with zero attached hydrogens (tertiary/aromatic N) is 2. The molecule has 8 heteroatoms. The van der Waals surface area contributed by atoms with Crippen molar-refractivity contribution in [3.05, 3.63) is 46.1 Å². The smallest absolute Gasteiger partial charge is 0.148 e. The van der Waals surface area contributed by atoms with Gasteiger partial charge in [0.2, 0.25) is 0 Å². The lowest BCUT2D eigenvalue weighted by atomic mass is 10.1. The third-order valence-electron chi connectivity index (χ3n) is 3.48. The monoisotopic (exact) mass is 457 g/mol. The number of hydrogen-bond acceptors (Lipinski definition) is 6. The van der Waals surface area contributed by atoms with Gasteiger partial charge in [0.25, 0.3) is 0 Å². The molecule has 0 unspecified atom stereocenters. The van der Waals surface area contributed by atoms with Crippen molar-refractivity contribution in [2.45, 2.75) is 6.54 Å². The van der Waals surface area contributed by atoms with E-state index < -0.39 is 9.84 Å². The highest BCUT2D eigenvalue weighted by Crippen LogP contribution is 2.27. The fraction of sp³-hybridized carbons (Fsp3) is 0.250. The average molecular weight is 457 g/mol. The normalized spacial score (nSPS) is 11.9. The van der Waals surface area contributed by atoms with Crippen LogP contribution in [0.5, 0.6) is 0 Å². The van der Waals surface area contributed by atoms with Gasteiger partial charge in [0.15, 0.2) is 0 Å². The van der Waals surface area contributed by atoms with E-state index in [-0.39, 0.29) is 5.75 Å². The summed E-state index contributed by atoms with van der Waals surface area (Å²) in [7, 11) is -2.95. The van der Waals surface area contributed by atoms with Gasteiger partial charge in [-0.05, 0) is 52.9 Å². The first-order valence-electron chi connectivity index (χ1n) is 7.30. The van der Waals surface area contributed by atoms with Gasteiger partial charge in [-0.25, -0.2) is 18.4 Å². The molecule has 0 saturated heterocycles. The van der Waals surface area contributed by atoms with Gasteiger partial charge in [0, 0.05) is 23.8 Å². The topological polar surface area (TPSA) is 85.1 Å². The van der Waals surface area contributed by atoms with E-state index in [9.17, 15) is 8.42 Å². The molecule has 0 atom stereocenters. The minimum Gasteiger partial charge on any atom is -0.460 e. The summed E-state index contributed by atoms with van der Waals surface area (Å²) in [5.41, 5.74) is 1.85. The van der Waals surface area contributed by atoms with Crippen molar-refractivity contribution in [2.75, 3.05) is 18.6 Å². The zero-order chi connectivity index (χ0) is 17.2. The molecule has 2 heterocycles. The Morgan fingerprint density at radius 2 is 2.04 bits per heavy atom. The molecule has 1 aromatic carbocycles. The van der Waals surface area contributed by atoms with Crippen molar-refractivity contribution >= 4 is 43.3 Å². The van der Waals surface area contributed by atoms with Crippen LogP contribution in [-0.4, -0.2) is 36.9 Å². The Labute approximate surface area is 153 Å². The Morgan fingerprint density at radius 1 is 1.21 bits per heavy atom. The Bertz CT molecular complexity index is 970. The molecule has 3 rings (SSSR count). The van der Waals surface area contributed by atoms with E-state index >= 15 is 0 Å². The van der Waals surface area contributed by atoms with E-state index in [0.29, 0.717) is 13.1 Å². The van der Waals surface area contributed by atoms with E-state index in [1.807, 2.05) is 30.3 Å². The quantitative estimate of drug-likeness (QED) is 0.348. The Kier molecular flexibility index (Phi) is 5.16. The van der Waals surface area contributed by atoms with Crippen LogP contribution in [-0.2, 0) is 16.4 Å². The number of nitrogens with one attached hydrogen (secondary N) is 1. The minimum atomic E-state index is -2.95. The standard InChI is InChI=1S/C16H16IN3O3S/c1-24(21,22)7-6-18-9-12-3-5-15(23-12)11-2-4-14-13(8-11)16(17)20-10-19-14/h2-5,8,10,18H,6-7,9H2,1H3. The van der Waals surface area contributed by atoms with E-state index in [2.05, 4.69) is 37.9 Å². The molecule has 0 aliphatic heterocycles. The Morgan fingerprint density at radius 3 is 2.83 bits per heavy atom. The lowest BCUT2D eigenvalue weighted by molar-refractivity contribution is 0.498. The molecular weight excluding hydrogens is 441 g/mol. The second-order valence-electron chi connectivity index (χ2n) is 5.47. The summed E-state index contributed by atoms with van der Waals surface area (Å²) in [4.78, 5) is 8.45. The molecule has 0 bridgehead atoms. The van der Waals surface area contributed by atoms with Crippen molar-refractivity contribution in [1.29, 1.82) is 0 Å². The minimum absolute atomic E-state index is 0.115. The zero-order valence-electron chi connectivity index (χ0n) is 13.0. The van der Waals surface area contributed by atoms with Crippen LogP contribution in [0.2, 0.25) is 0 Å². The Balaban J connectivity index is 1.72. The highest BCUT2D eigenvalue weighted by Gasteiger charge is 2.08. The first-order valence-corrected chi connectivity index (χ1v) is 10.4. The molecule has 0 saturated carbocycles. The third-order valence-corrected chi connectivity index (χ3v) is 5.29. The molecule has 3 aromatic rings. The van der Waals surface area contributed by atoms with Gasteiger partial charge in [-0.3, -0.25) is 0 Å². The summed E-state index contributed by atoms with van der Waals surface area (Å²) in [6, 6.07) is 9.72. The molecule has 0 spiro atoms. The molecule has 2 aromatic heterocycles. The molecule has 0 fully saturated rings. The van der Waals surface area contributed by atoms with Gasteiger partial charge in [-0.2, -0.15) is 0 Å². The van der Waals surface area contributed by atoms with Crippen molar-refractivity contribution < 1.29 is 12.8 Å². The van der Waals surface area contributed by atoms with Crippen molar-refractivity contribution in [2.24, 2.45) is 0 Å². The highest BCUT2D eigenvalue weighted by molar-refractivity contribution is 14.1. The van der Waals surface area contributed by atoms with Gasteiger partial charge < -0.3 is 9.73 Å². The first kappa shape index (κ1) is 17.3. The van der Waals surface area contributed by atoms with Crippen molar-refractivity contribution in [3.8, 4) is 11.3 Å². The number of rotatable bonds is 6. The fourth-order valence-corrected chi connectivity index (χ4v) is 3.35. The summed E-state index contributed by atoms with van der Waals surface area (Å²) in [6.07, 6.45) is 2.78. The SMILES string of the molecule is CS(=O)(=O)CCNCc1ccc(-c2ccc3ncnc(I)c3c2)o1. The van der Waals surface area contributed by atoms with Crippen molar-refractivity contribution in [3.63, 3.8) is 0 Å². The van der Waals surface area contributed by atoms with Crippen LogP contribution in [0, 0.1) is 3.70 Å². The largest absolute Gasteiger partial charge is 0.460 e. The van der Waals surface area contributed by atoms with Crippen LogP contribution >= 0.6 is 22.6 Å². The second-order valence-corrected chi connectivity index (χ2v) is 8.75. The number of hydrogen-bond donors (Lipinski definition) is 1. The van der Waals surface area contributed by atoms with Crippen LogP contribution in [0.3, 0.4) is 0 Å². The number of halogens is 1. The van der Waals surface area contributed by atoms with E-state index in [4.69, 9.17) is 4.42 Å². The van der Waals surface area contributed by atoms with Gasteiger partial charge in [0.05, 0.1) is 17.8 Å². The molecule has 0 amide bonds. The van der Waals surface area contributed by atoms with E-state index in [0.717, 1.165) is 31.7 Å². The molecule has 0 radical (unpaired) electrons. The van der Waals surface area contributed by atoms with Crippen molar-refractivity contribution in [1.82, 2.24) is 15.3 Å². The van der Waals surface area contributed by atoms with Gasteiger partial charge >= 0.3 is 0 Å². The second kappa shape index (κ2) is 7.16. The maximum atomic E-state index is 11.1. The first-order chi connectivity index (χ1) is 11.4. The summed E-state index contributed by atoms with van der Waals surface area (Å²) in [5.74, 6) is 1.64. The van der Waals surface area contributed by atoms with Crippen LogP contribution in [0.1, 0.15) is 5.76 Å². The maximum absolute atomic E-state index is 11.1. The Hall–Kier alpha value is -1.52. The number of furan rings is 1. The lowest BCUT2D eigenvalue weighted by Crippen LogP contribution is -2.21. The zero-order valence-corrected chi connectivity index (χ0v) is 16.0. The van der Waals surface area contributed by atoms with Crippen LogP contribution in [0.25, 0.3) is 22.2 Å². The fourth-order valence-electron chi connectivity index (χ4n) is 2.28. The third kappa shape index (κ3) is 4.31. The molecule has 126 valence electrons. The lowest BCUT2D eigenvalue weighted by Gasteiger charge is -2.03. The maximum Gasteiger partial charge on any atom is 0.148 e. The predicted octanol–water partition coefficient (Wildman–Crippen LogP) is 2.63. The number of benzene rings is 1. The molecule has 24 heavy (non-hydrogen) atoms. The van der Waals surface area contributed by atoms with E-state index in [1.54, 1.807) is 6.33 Å². The molecule has 0 aliphatic carbocycles. The van der Waals surface area contributed by atoms with Crippen LogP contribution in [0.4, 0.5) is 0 Å². The van der Waals surface area contributed by atoms with Gasteiger partial charge in [0.1, 0.15) is 31.4 Å². The van der Waals surface area contributed by atoms with Crippen LogP contribution in [0.15, 0.2) is 41.1 Å². The number of sulfone groups is 1. The van der Waals surface area contributed by atoms with Gasteiger partial charge in [-0.15, -0.1) is 0 Å². The molecule has 6 nitrogen and oxygen atoms in total. The molecule has 0 aliphatic rings. The summed E-state index contributed by atoms with van der Waals surface area (Å²) in [6.45, 7) is 0.893. The number of fused-ring (bicyclic) bond motifs is 1. The molecular formula is C16H16IN3O3S. The summed E-state index contributed by atoms with van der Waals surface area (Å²) in [5, 5.41) is 4.05. The van der Waals surface area contributed by atoms with E-state index in [1.165, 1.54) is 6.26 Å². The summed E-state index contributed by atoms with van der Waals surface area (Å²) < 4.78 is 28.9. The molecule has 1 N–H and O–H groups in total. The summed E-state index contributed by atoms with van der Waals surface area (Å²) >= 11 is 2.19.